The number of hydrogen-bond acceptors (Lipinski definition) is 4. The quantitative estimate of drug-likeness (QED) is 0.475. The van der Waals surface area contributed by atoms with Crippen molar-refractivity contribution < 1.29 is 18.4 Å². The second-order valence-corrected chi connectivity index (χ2v) is 12.2. The van der Waals surface area contributed by atoms with Gasteiger partial charge in [0.05, 0.1) is 16.5 Å². The first-order valence-corrected chi connectivity index (χ1v) is 14.3. The molecule has 2 aliphatic heterocycles. The molecule has 0 radical (unpaired) electrons. The summed E-state index contributed by atoms with van der Waals surface area (Å²) in [6.45, 7) is 2.59. The van der Waals surface area contributed by atoms with Crippen LogP contribution < -0.4 is 10.6 Å². The maximum absolute atomic E-state index is 14.3. The number of pyridine rings is 1. The molecule has 2 fully saturated rings. The lowest BCUT2D eigenvalue weighted by atomic mass is 9.79. The van der Waals surface area contributed by atoms with Crippen LogP contribution >= 0.6 is 0 Å². The van der Waals surface area contributed by atoms with Crippen molar-refractivity contribution in [2.75, 3.05) is 18.4 Å². The first-order chi connectivity index (χ1) is 19.7. The van der Waals surface area contributed by atoms with Gasteiger partial charge in [0, 0.05) is 30.9 Å². The molecule has 2 aliphatic carbocycles. The number of nitrogens with one attached hydrogen (secondary N) is 2. The van der Waals surface area contributed by atoms with E-state index in [9.17, 15) is 18.4 Å². The lowest BCUT2D eigenvalue weighted by molar-refractivity contribution is -0.149. The summed E-state index contributed by atoms with van der Waals surface area (Å²) in [5, 5.41) is 6.43. The molecule has 2 atom stereocenters. The molecule has 7 rings (SSSR count). The molecule has 2 aromatic carbocycles. The highest BCUT2D eigenvalue weighted by molar-refractivity contribution is 6.06. The Labute approximate surface area is 237 Å². The van der Waals surface area contributed by atoms with Gasteiger partial charge in [0.2, 0.25) is 11.8 Å². The average molecular weight is 555 g/mol. The van der Waals surface area contributed by atoms with Gasteiger partial charge in [-0.1, -0.05) is 49.3 Å². The van der Waals surface area contributed by atoms with Gasteiger partial charge in [-0.15, -0.1) is 0 Å². The molecule has 0 bridgehead atoms. The summed E-state index contributed by atoms with van der Waals surface area (Å²) in [5.41, 5.74) is 2.47. The number of benzene rings is 2. The number of anilines is 1. The number of carbonyl (C=O) groups is 2. The predicted octanol–water partition coefficient (Wildman–Crippen LogP) is 5.02. The molecule has 2 amide bonds. The average Bonchev–Trinajstić information content (AvgIpc) is 3.65. The van der Waals surface area contributed by atoms with E-state index in [1.54, 1.807) is 11.1 Å². The van der Waals surface area contributed by atoms with E-state index in [0.29, 0.717) is 37.3 Å². The molecule has 4 aliphatic rings. The third-order valence-electron chi connectivity index (χ3n) is 9.77. The van der Waals surface area contributed by atoms with E-state index in [1.165, 1.54) is 12.1 Å². The first-order valence-electron chi connectivity index (χ1n) is 14.3. The Morgan fingerprint density at radius 1 is 1.00 bits per heavy atom. The zero-order chi connectivity index (χ0) is 28.4. The third kappa shape index (κ3) is 4.02. The Balaban J connectivity index is 1.16. The largest absolute Gasteiger partial charge is 0.327 e. The van der Waals surface area contributed by atoms with E-state index in [-0.39, 0.29) is 11.8 Å². The van der Waals surface area contributed by atoms with Gasteiger partial charge in [0.25, 0.3) is 0 Å². The number of fused-ring (bicyclic) bond motifs is 3. The smallest absolute Gasteiger partial charge is 0.243 e. The normalized spacial score (nSPS) is 26.3. The van der Waals surface area contributed by atoms with Gasteiger partial charge in [-0.2, -0.15) is 0 Å². The van der Waals surface area contributed by atoms with E-state index >= 15 is 0 Å². The molecule has 1 saturated heterocycles. The van der Waals surface area contributed by atoms with Crippen molar-refractivity contribution in [3.8, 4) is 0 Å². The maximum atomic E-state index is 14.3. The highest BCUT2D eigenvalue weighted by atomic mass is 19.1. The van der Waals surface area contributed by atoms with Crippen LogP contribution in [0, 0.1) is 11.6 Å². The van der Waals surface area contributed by atoms with Crippen molar-refractivity contribution in [3.63, 3.8) is 0 Å². The zero-order valence-corrected chi connectivity index (χ0v) is 23.0. The standard InChI is InChI=1S/C33H32F2N4O2/c1-31(24-15-25(34)17-26(35)16-24)20-37-33(10-2-3-11-33)30(41)39(31)13-5-6-21-8-9-22-18-32(19-23(22)14-21)27-7-4-12-36-28(27)38-29(32)40/h4-9,12,14-17,37H,2-3,10-11,13,18-20H2,1H3,(H,36,38,40)/b6-5+/t31-,32-/m1/s1. The minimum atomic E-state index is -0.917. The first kappa shape index (κ1) is 26.0. The maximum Gasteiger partial charge on any atom is 0.243 e. The van der Waals surface area contributed by atoms with Gasteiger partial charge in [0.1, 0.15) is 17.5 Å². The van der Waals surface area contributed by atoms with E-state index < -0.39 is 28.1 Å². The topological polar surface area (TPSA) is 74.3 Å². The molecule has 2 spiro atoms. The van der Waals surface area contributed by atoms with Crippen LogP contribution in [0.1, 0.15) is 60.4 Å². The van der Waals surface area contributed by atoms with Crippen LogP contribution in [0.15, 0.2) is 60.8 Å². The van der Waals surface area contributed by atoms with Crippen molar-refractivity contribution in [1.29, 1.82) is 0 Å². The van der Waals surface area contributed by atoms with Gasteiger partial charge >= 0.3 is 0 Å². The number of carbonyl (C=O) groups excluding carboxylic acids is 2. The van der Waals surface area contributed by atoms with E-state index in [0.717, 1.165) is 54.0 Å². The predicted molar refractivity (Wildman–Crippen MR) is 152 cm³/mol. The van der Waals surface area contributed by atoms with E-state index in [1.807, 2.05) is 37.3 Å². The van der Waals surface area contributed by atoms with Crippen LogP contribution in [0.2, 0.25) is 0 Å². The van der Waals surface area contributed by atoms with Gasteiger partial charge in [0.15, 0.2) is 0 Å². The highest BCUT2D eigenvalue weighted by Gasteiger charge is 2.53. The van der Waals surface area contributed by atoms with Crippen LogP contribution in [-0.2, 0) is 33.4 Å². The van der Waals surface area contributed by atoms with Crippen LogP contribution in [0.4, 0.5) is 14.6 Å². The fourth-order valence-electron chi connectivity index (χ4n) is 7.46. The number of amides is 2. The van der Waals surface area contributed by atoms with Crippen LogP contribution in [-0.4, -0.2) is 40.3 Å². The summed E-state index contributed by atoms with van der Waals surface area (Å²) in [6, 6.07) is 13.6. The summed E-state index contributed by atoms with van der Waals surface area (Å²) in [4.78, 5) is 33.2. The number of halogens is 2. The fourth-order valence-corrected chi connectivity index (χ4v) is 7.46. The summed E-state index contributed by atoms with van der Waals surface area (Å²) in [6.07, 6.45) is 10.3. The number of rotatable bonds is 4. The summed E-state index contributed by atoms with van der Waals surface area (Å²) < 4.78 is 28.5. The SMILES string of the molecule is C[C@]1(c2cc(F)cc(F)c2)CNC2(CCCC2)C(=O)N1C/C=C/c1ccc2c(c1)C[C@@]1(C2)C(=O)Nc2ncccc21. The second kappa shape index (κ2) is 9.31. The van der Waals surface area contributed by atoms with Crippen LogP contribution in [0.5, 0.6) is 0 Å². The van der Waals surface area contributed by atoms with Crippen LogP contribution in [0.25, 0.3) is 6.08 Å². The van der Waals surface area contributed by atoms with E-state index in [4.69, 9.17) is 0 Å². The zero-order valence-electron chi connectivity index (χ0n) is 23.0. The van der Waals surface area contributed by atoms with Crippen molar-refractivity contribution in [2.45, 2.75) is 61.9 Å². The molecular formula is C33H32F2N4O2. The monoisotopic (exact) mass is 554 g/mol. The van der Waals surface area contributed by atoms with Crippen molar-refractivity contribution in [2.24, 2.45) is 0 Å². The summed E-state index contributed by atoms with van der Waals surface area (Å²) in [5.74, 6) is -0.697. The lowest BCUT2D eigenvalue weighted by Gasteiger charge is -2.51. The summed E-state index contributed by atoms with van der Waals surface area (Å²) >= 11 is 0. The second-order valence-electron chi connectivity index (χ2n) is 12.2. The highest BCUT2D eigenvalue weighted by Crippen LogP contribution is 2.47. The lowest BCUT2D eigenvalue weighted by Crippen LogP contribution is -2.70. The minimum absolute atomic E-state index is 0.00868. The minimum Gasteiger partial charge on any atom is -0.327 e. The summed E-state index contributed by atoms with van der Waals surface area (Å²) in [7, 11) is 0. The third-order valence-corrected chi connectivity index (χ3v) is 9.77. The Morgan fingerprint density at radius 2 is 1.76 bits per heavy atom. The number of nitrogens with zero attached hydrogens (tertiary/aromatic N) is 2. The number of aromatic nitrogens is 1. The number of hydrogen-bond donors (Lipinski definition) is 2. The van der Waals surface area contributed by atoms with Gasteiger partial charge in [-0.05, 0) is 73.1 Å². The molecule has 1 aromatic heterocycles. The van der Waals surface area contributed by atoms with Gasteiger partial charge in [-0.3, -0.25) is 9.59 Å². The van der Waals surface area contributed by atoms with E-state index in [2.05, 4.69) is 27.8 Å². The molecule has 2 N–H and O–H groups in total. The Bertz CT molecular complexity index is 1590. The molecular weight excluding hydrogens is 522 g/mol. The Kier molecular flexibility index (Phi) is 5.91. The molecule has 6 nitrogen and oxygen atoms in total. The molecule has 3 heterocycles. The molecule has 1 saturated carbocycles. The molecule has 210 valence electrons. The van der Waals surface area contributed by atoms with Crippen molar-refractivity contribution in [1.82, 2.24) is 15.2 Å². The number of piperazine rings is 1. The molecule has 3 aromatic rings. The molecule has 0 unspecified atom stereocenters. The molecule has 8 heteroatoms. The van der Waals surface area contributed by atoms with Crippen molar-refractivity contribution in [3.05, 3.63) is 100 Å². The fraction of sp³-hybridized carbons (Fsp3) is 0.364. The molecule has 41 heavy (non-hydrogen) atoms. The van der Waals surface area contributed by atoms with Gasteiger partial charge in [-0.25, -0.2) is 13.8 Å². The van der Waals surface area contributed by atoms with Gasteiger partial charge < -0.3 is 15.5 Å². The Hall–Kier alpha value is -3.91. The van der Waals surface area contributed by atoms with Crippen molar-refractivity contribution >= 4 is 23.7 Å². The van der Waals surface area contributed by atoms with Crippen LogP contribution in [0.3, 0.4) is 0 Å². The Morgan fingerprint density at radius 3 is 2.54 bits per heavy atom.